The standard InChI is InChI=1S/C28H38N2O6S/c1-6-9-16-30(17-10-7-2)23(8-3)35-22-18-21(31)27-24(19(4)28(36-27)29-37(5,33)34)25(22)26(32)20-14-12-11-13-15-20/h11-15,23,29H,6-10,16-18H2,1-5H3. The van der Waals surface area contributed by atoms with Crippen molar-refractivity contribution in [2.75, 3.05) is 24.1 Å². The smallest absolute Gasteiger partial charge is 0.232 e. The van der Waals surface area contributed by atoms with Gasteiger partial charge in [0, 0.05) is 29.8 Å². The first-order valence-electron chi connectivity index (χ1n) is 13.0. The van der Waals surface area contributed by atoms with Crippen LogP contribution in [0.15, 0.2) is 40.5 Å². The lowest BCUT2D eigenvalue weighted by atomic mass is 9.87. The SMILES string of the molecule is CCCCN(CCCC)C(CC)OC1=C(C(=O)c2ccccc2)c2c(oc(NS(C)(=O)=O)c2C)C(=O)C1. The molecule has 0 bridgehead atoms. The Morgan fingerprint density at radius 3 is 2.27 bits per heavy atom. The lowest BCUT2D eigenvalue weighted by Crippen LogP contribution is -2.39. The van der Waals surface area contributed by atoms with Crippen LogP contribution < -0.4 is 4.72 Å². The molecule has 37 heavy (non-hydrogen) atoms. The van der Waals surface area contributed by atoms with Crippen LogP contribution in [-0.2, 0) is 14.8 Å². The molecular formula is C28H38N2O6S. The van der Waals surface area contributed by atoms with Gasteiger partial charge in [0.1, 0.15) is 5.76 Å². The molecule has 1 aromatic heterocycles. The van der Waals surface area contributed by atoms with Crippen LogP contribution in [0.2, 0.25) is 0 Å². The van der Waals surface area contributed by atoms with E-state index in [-0.39, 0.29) is 47.0 Å². The van der Waals surface area contributed by atoms with Crippen molar-refractivity contribution in [1.29, 1.82) is 0 Å². The number of furan rings is 1. The van der Waals surface area contributed by atoms with Gasteiger partial charge in [-0.05, 0) is 26.2 Å². The number of nitrogens with zero attached hydrogens (tertiary/aromatic N) is 1. The van der Waals surface area contributed by atoms with Crippen molar-refractivity contribution in [3.8, 4) is 0 Å². The Morgan fingerprint density at radius 1 is 1.11 bits per heavy atom. The Morgan fingerprint density at radius 2 is 1.73 bits per heavy atom. The van der Waals surface area contributed by atoms with Gasteiger partial charge in [-0.1, -0.05) is 63.9 Å². The van der Waals surface area contributed by atoms with E-state index in [9.17, 15) is 18.0 Å². The number of allylic oxidation sites excluding steroid dienone is 2. The highest BCUT2D eigenvalue weighted by Crippen LogP contribution is 2.41. The molecule has 1 heterocycles. The molecule has 202 valence electrons. The molecule has 2 aromatic rings. The zero-order valence-electron chi connectivity index (χ0n) is 22.4. The number of rotatable bonds is 14. The third-order valence-electron chi connectivity index (χ3n) is 6.42. The van der Waals surface area contributed by atoms with E-state index in [0.717, 1.165) is 45.0 Å². The zero-order valence-corrected chi connectivity index (χ0v) is 23.2. The fourth-order valence-electron chi connectivity index (χ4n) is 4.51. The number of hydrogen-bond acceptors (Lipinski definition) is 7. The molecule has 1 unspecified atom stereocenters. The number of carbonyl (C=O) groups is 2. The van der Waals surface area contributed by atoms with Gasteiger partial charge in [0.25, 0.3) is 0 Å². The average Bonchev–Trinajstić information content (AvgIpc) is 3.18. The van der Waals surface area contributed by atoms with Crippen molar-refractivity contribution in [2.24, 2.45) is 0 Å². The molecule has 0 aliphatic heterocycles. The maximum absolute atomic E-state index is 13.9. The van der Waals surface area contributed by atoms with Gasteiger partial charge in [-0.2, -0.15) is 0 Å². The third-order valence-corrected chi connectivity index (χ3v) is 6.98. The second kappa shape index (κ2) is 12.6. The van der Waals surface area contributed by atoms with Crippen molar-refractivity contribution in [3.05, 3.63) is 58.5 Å². The van der Waals surface area contributed by atoms with Crippen molar-refractivity contribution in [2.45, 2.75) is 72.4 Å². The van der Waals surface area contributed by atoms with Crippen LogP contribution in [-0.4, -0.2) is 50.5 Å². The molecule has 0 saturated carbocycles. The van der Waals surface area contributed by atoms with Crippen LogP contribution in [0.1, 0.15) is 91.3 Å². The molecule has 1 aromatic carbocycles. The van der Waals surface area contributed by atoms with Gasteiger partial charge in [0.05, 0.1) is 18.2 Å². The van der Waals surface area contributed by atoms with E-state index >= 15 is 0 Å². The summed E-state index contributed by atoms with van der Waals surface area (Å²) in [5.41, 5.74) is 1.34. The predicted octanol–water partition coefficient (Wildman–Crippen LogP) is 5.79. The molecule has 1 atom stereocenters. The van der Waals surface area contributed by atoms with E-state index in [1.807, 2.05) is 13.0 Å². The summed E-state index contributed by atoms with van der Waals surface area (Å²) < 4.78 is 38.4. The molecular weight excluding hydrogens is 492 g/mol. The minimum absolute atomic E-state index is 0.0304. The summed E-state index contributed by atoms with van der Waals surface area (Å²) in [6.07, 6.45) is 5.36. The second-order valence-corrected chi connectivity index (χ2v) is 11.2. The maximum atomic E-state index is 13.9. The monoisotopic (exact) mass is 530 g/mol. The molecule has 1 N–H and O–H groups in total. The first-order chi connectivity index (χ1) is 17.6. The molecule has 0 radical (unpaired) electrons. The molecule has 0 fully saturated rings. The van der Waals surface area contributed by atoms with Crippen molar-refractivity contribution in [1.82, 2.24) is 4.90 Å². The van der Waals surface area contributed by atoms with E-state index in [2.05, 4.69) is 23.5 Å². The molecule has 0 spiro atoms. The number of benzene rings is 1. The highest BCUT2D eigenvalue weighted by Gasteiger charge is 2.38. The number of Topliss-reactive ketones (excluding diaryl/α,β-unsaturated/α-hetero) is 2. The Hall–Kier alpha value is -2.91. The highest BCUT2D eigenvalue weighted by molar-refractivity contribution is 7.92. The largest absolute Gasteiger partial charge is 0.478 e. The summed E-state index contributed by atoms with van der Waals surface area (Å²) in [5.74, 6) is -0.464. The van der Waals surface area contributed by atoms with Gasteiger partial charge in [0.2, 0.25) is 21.7 Å². The second-order valence-electron chi connectivity index (χ2n) is 9.45. The number of sulfonamides is 1. The normalized spacial score (nSPS) is 14.6. The zero-order chi connectivity index (χ0) is 27.2. The predicted molar refractivity (Wildman–Crippen MR) is 145 cm³/mol. The molecule has 9 heteroatoms. The Bertz CT molecular complexity index is 1240. The van der Waals surface area contributed by atoms with Gasteiger partial charge in [-0.3, -0.25) is 19.2 Å². The number of ketones is 2. The quantitative estimate of drug-likeness (QED) is 0.243. The molecule has 8 nitrogen and oxygen atoms in total. The summed E-state index contributed by atoms with van der Waals surface area (Å²) in [6.45, 7) is 9.67. The van der Waals surface area contributed by atoms with Crippen molar-refractivity contribution >= 4 is 33.0 Å². The number of fused-ring (bicyclic) bond motifs is 1. The number of ether oxygens (including phenoxy) is 1. The van der Waals surface area contributed by atoms with Gasteiger partial charge in [-0.15, -0.1) is 0 Å². The van der Waals surface area contributed by atoms with E-state index in [4.69, 9.17) is 9.15 Å². The summed E-state index contributed by atoms with van der Waals surface area (Å²) >= 11 is 0. The Labute approximate surface area is 220 Å². The van der Waals surface area contributed by atoms with Crippen LogP contribution in [0.3, 0.4) is 0 Å². The van der Waals surface area contributed by atoms with E-state index in [1.54, 1.807) is 31.2 Å². The Balaban J connectivity index is 2.15. The number of nitrogens with one attached hydrogen (secondary N) is 1. The minimum Gasteiger partial charge on any atom is -0.478 e. The van der Waals surface area contributed by atoms with E-state index < -0.39 is 10.0 Å². The van der Waals surface area contributed by atoms with E-state index in [1.165, 1.54) is 0 Å². The minimum atomic E-state index is -3.67. The topological polar surface area (TPSA) is 106 Å². The van der Waals surface area contributed by atoms with Crippen LogP contribution in [0.25, 0.3) is 5.57 Å². The lowest BCUT2D eigenvalue weighted by molar-refractivity contribution is -0.0286. The first-order valence-corrected chi connectivity index (χ1v) is 14.9. The lowest BCUT2D eigenvalue weighted by Gasteiger charge is -2.33. The third kappa shape index (κ3) is 6.90. The molecule has 1 aliphatic carbocycles. The summed E-state index contributed by atoms with van der Waals surface area (Å²) in [7, 11) is -3.67. The van der Waals surface area contributed by atoms with Gasteiger partial charge in [0.15, 0.2) is 17.8 Å². The van der Waals surface area contributed by atoms with Gasteiger partial charge in [-0.25, -0.2) is 8.42 Å². The summed E-state index contributed by atoms with van der Waals surface area (Å²) in [6, 6.07) is 8.78. The van der Waals surface area contributed by atoms with Crippen molar-refractivity contribution in [3.63, 3.8) is 0 Å². The van der Waals surface area contributed by atoms with Crippen LogP contribution in [0.4, 0.5) is 5.88 Å². The molecule has 0 saturated heterocycles. The van der Waals surface area contributed by atoms with Crippen LogP contribution >= 0.6 is 0 Å². The fourth-order valence-corrected chi connectivity index (χ4v) is 5.04. The first kappa shape index (κ1) is 28.7. The molecule has 0 amide bonds. The summed E-state index contributed by atoms with van der Waals surface area (Å²) in [5, 5.41) is 0. The number of hydrogen-bond donors (Lipinski definition) is 1. The average molecular weight is 531 g/mol. The maximum Gasteiger partial charge on any atom is 0.232 e. The van der Waals surface area contributed by atoms with Crippen molar-refractivity contribution < 1.29 is 27.2 Å². The fraction of sp³-hybridized carbons (Fsp3) is 0.500. The van der Waals surface area contributed by atoms with Gasteiger partial charge < -0.3 is 9.15 Å². The summed E-state index contributed by atoms with van der Waals surface area (Å²) in [4.78, 5) is 29.4. The van der Waals surface area contributed by atoms with Crippen LogP contribution in [0.5, 0.6) is 0 Å². The Kier molecular flexibility index (Phi) is 9.73. The number of carbonyl (C=O) groups excluding carboxylic acids is 2. The highest BCUT2D eigenvalue weighted by atomic mass is 32.2. The number of anilines is 1. The van der Waals surface area contributed by atoms with Crippen LogP contribution in [0, 0.1) is 6.92 Å². The number of unbranched alkanes of at least 4 members (excludes halogenated alkanes) is 2. The molecule has 1 aliphatic rings. The van der Waals surface area contributed by atoms with E-state index in [0.29, 0.717) is 23.3 Å². The molecule has 3 rings (SSSR count). The van der Waals surface area contributed by atoms with Gasteiger partial charge >= 0.3 is 0 Å².